The summed E-state index contributed by atoms with van der Waals surface area (Å²) in [4.78, 5) is 13.4. The lowest BCUT2D eigenvalue weighted by molar-refractivity contribution is -0.118. The van der Waals surface area contributed by atoms with E-state index in [9.17, 15) is 4.79 Å². The molecule has 0 N–H and O–H groups in total. The van der Waals surface area contributed by atoms with Crippen molar-refractivity contribution in [3.63, 3.8) is 0 Å². The second-order valence-corrected chi connectivity index (χ2v) is 5.19. The lowest BCUT2D eigenvalue weighted by Gasteiger charge is -2.22. The van der Waals surface area contributed by atoms with E-state index in [0.717, 1.165) is 5.69 Å². The van der Waals surface area contributed by atoms with Gasteiger partial charge in [0.25, 0.3) is 0 Å². The third kappa shape index (κ3) is 3.31. The minimum atomic E-state index is -0.210. The smallest absolute Gasteiger partial charge is 0.240 e. The molecule has 0 heterocycles. The molecule has 0 saturated carbocycles. The summed E-state index contributed by atoms with van der Waals surface area (Å²) in [5.41, 5.74) is 1.29. The Morgan fingerprint density at radius 3 is 2.65 bits per heavy atom. The van der Waals surface area contributed by atoms with Gasteiger partial charge in [-0.15, -0.1) is 0 Å². The van der Waals surface area contributed by atoms with E-state index < -0.39 is 0 Å². The normalized spacial score (nSPS) is 12.0. The van der Waals surface area contributed by atoms with Crippen LogP contribution in [0.5, 0.6) is 0 Å². The Kier molecular flexibility index (Phi) is 4.71. The number of hydrogen-bond donors (Lipinski definition) is 0. The molecule has 0 aromatic heterocycles. The summed E-state index contributed by atoms with van der Waals surface area (Å²) in [5, 5.41) is 8.82. The molecule has 1 atom stereocenters. The van der Waals surface area contributed by atoms with Gasteiger partial charge in [0.1, 0.15) is 0 Å². The Balaban J connectivity index is 2.93. The topological polar surface area (TPSA) is 44.1 Å². The van der Waals surface area contributed by atoms with Crippen LogP contribution in [0.3, 0.4) is 0 Å². The van der Waals surface area contributed by atoms with Gasteiger partial charge in [-0.3, -0.25) is 4.79 Å². The van der Waals surface area contributed by atoms with Crippen molar-refractivity contribution in [1.82, 2.24) is 0 Å². The van der Waals surface area contributed by atoms with Crippen LogP contribution in [0.1, 0.15) is 19.4 Å². The van der Waals surface area contributed by atoms with Gasteiger partial charge in [0.2, 0.25) is 5.91 Å². The first-order valence-electron chi connectivity index (χ1n) is 5.39. The number of nitriles is 1. The van der Waals surface area contributed by atoms with E-state index in [0.29, 0.717) is 5.56 Å². The predicted octanol–water partition coefficient (Wildman–Crippen LogP) is 2.94. The lowest BCUT2D eigenvalue weighted by Crippen LogP contribution is -2.35. The quantitative estimate of drug-likeness (QED) is 0.805. The summed E-state index contributed by atoms with van der Waals surface area (Å²) in [5.74, 6) is 0.221. The molecule has 0 aliphatic rings. The zero-order chi connectivity index (χ0) is 13.0. The molecular formula is C13H15BrN2O. The first-order valence-corrected chi connectivity index (χ1v) is 6.30. The Hall–Kier alpha value is -1.34. The minimum Gasteiger partial charge on any atom is -0.314 e. The van der Waals surface area contributed by atoms with E-state index in [2.05, 4.69) is 22.0 Å². The van der Waals surface area contributed by atoms with E-state index in [1.807, 2.05) is 19.9 Å². The van der Waals surface area contributed by atoms with Crippen molar-refractivity contribution in [2.24, 2.45) is 5.92 Å². The fraction of sp³-hybridized carbons (Fsp3) is 0.385. The highest BCUT2D eigenvalue weighted by Crippen LogP contribution is 2.20. The van der Waals surface area contributed by atoms with Gasteiger partial charge < -0.3 is 4.90 Å². The molecule has 17 heavy (non-hydrogen) atoms. The van der Waals surface area contributed by atoms with E-state index in [4.69, 9.17) is 5.26 Å². The molecule has 1 aromatic rings. The summed E-state index contributed by atoms with van der Waals surface area (Å²) in [6.07, 6.45) is 0. The van der Waals surface area contributed by atoms with Crippen molar-refractivity contribution < 1.29 is 4.79 Å². The van der Waals surface area contributed by atoms with Crippen LogP contribution in [0.4, 0.5) is 5.69 Å². The van der Waals surface area contributed by atoms with Gasteiger partial charge in [-0.1, -0.05) is 35.8 Å². The first-order chi connectivity index (χ1) is 7.97. The molecule has 1 amide bonds. The Labute approximate surface area is 110 Å². The van der Waals surface area contributed by atoms with Crippen molar-refractivity contribution in [1.29, 1.82) is 5.26 Å². The molecule has 0 bridgehead atoms. The van der Waals surface area contributed by atoms with Crippen LogP contribution in [-0.4, -0.2) is 17.8 Å². The molecule has 0 fully saturated rings. The summed E-state index contributed by atoms with van der Waals surface area (Å²) < 4.78 is 0. The monoisotopic (exact) mass is 294 g/mol. The molecule has 3 nitrogen and oxygen atoms in total. The maximum Gasteiger partial charge on any atom is 0.240 e. The van der Waals surface area contributed by atoms with Crippen molar-refractivity contribution in [2.75, 3.05) is 11.9 Å². The highest BCUT2D eigenvalue weighted by molar-refractivity contribution is 9.10. The average molecular weight is 295 g/mol. The Morgan fingerprint density at radius 1 is 1.47 bits per heavy atom. The molecule has 0 aliphatic heterocycles. The number of hydrogen-bond acceptors (Lipinski definition) is 2. The van der Waals surface area contributed by atoms with Crippen molar-refractivity contribution in [2.45, 2.75) is 18.7 Å². The third-order valence-corrected chi connectivity index (χ3v) is 3.96. The van der Waals surface area contributed by atoms with Crippen LogP contribution >= 0.6 is 15.9 Å². The van der Waals surface area contributed by atoms with Gasteiger partial charge in [-0.05, 0) is 24.1 Å². The van der Waals surface area contributed by atoms with Crippen LogP contribution < -0.4 is 4.90 Å². The maximum atomic E-state index is 12.1. The van der Waals surface area contributed by atoms with Crippen LogP contribution in [-0.2, 0) is 4.79 Å². The molecule has 0 radical (unpaired) electrons. The molecular weight excluding hydrogens is 280 g/mol. The van der Waals surface area contributed by atoms with Crippen molar-refractivity contribution in [3.05, 3.63) is 29.8 Å². The second-order valence-electron chi connectivity index (χ2n) is 4.21. The van der Waals surface area contributed by atoms with Gasteiger partial charge in [0.15, 0.2) is 0 Å². The number of rotatable bonds is 3. The van der Waals surface area contributed by atoms with E-state index >= 15 is 0 Å². The fourth-order valence-electron chi connectivity index (χ4n) is 1.38. The first kappa shape index (κ1) is 13.7. The van der Waals surface area contributed by atoms with Crippen LogP contribution in [0.2, 0.25) is 0 Å². The van der Waals surface area contributed by atoms with Crippen molar-refractivity contribution >= 4 is 27.5 Å². The lowest BCUT2D eigenvalue weighted by atomic mass is 10.1. The van der Waals surface area contributed by atoms with Gasteiger partial charge >= 0.3 is 0 Å². The molecule has 0 spiro atoms. The van der Waals surface area contributed by atoms with Crippen molar-refractivity contribution in [3.8, 4) is 6.07 Å². The summed E-state index contributed by atoms with van der Waals surface area (Å²) in [7, 11) is 1.72. The number of halogens is 1. The average Bonchev–Trinajstić information content (AvgIpc) is 2.36. The molecule has 0 aliphatic carbocycles. The highest BCUT2D eigenvalue weighted by Gasteiger charge is 2.23. The summed E-state index contributed by atoms with van der Waals surface area (Å²) in [6, 6.07) is 9.08. The number of carbonyl (C=O) groups excluding carboxylic acids is 1. The van der Waals surface area contributed by atoms with E-state index in [1.54, 1.807) is 30.1 Å². The standard InChI is InChI=1S/C13H15BrN2O/c1-9(2)12(14)13(17)16(3)11-6-4-5-10(7-11)8-15/h4-7,9,12H,1-3H3. The number of amides is 1. The number of alkyl halides is 1. The Bertz CT molecular complexity index is 451. The molecule has 1 aromatic carbocycles. The van der Waals surface area contributed by atoms with E-state index in [-0.39, 0.29) is 16.7 Å². The zero-order valence-electron chi connectivity index (χ0n) is 10.1. The van der Waals surface area contributed by atoms with Gasteiger partial charge in [0.05, 0.1) is 16.5 Å². The Morgan fingerprint density at radius 2 is 2.12 bits per heavy atom. The largest absolute Gasteiger partial charge is 0.314 e. The molecule has 1 unspecified atom stereocenters. The highest BCUT2D eigenvalue weighted by atomic mass is 79.9. The molecule has 4 heteroatoms. The van der Waals surface area contributed by atoms with Gasteiger partial charge in [-0.2, -0.15) is 5.26 Å². The maximum absolute atomic E-state index is 12.1. The number of carbonyl (C=O) groups is 1. The molecule has 1 rings (SSSR count). The minimum absolute atomic E-state index is 0.00455. The zero-order valence-corrected chi connectivity index (χ0v) is 11.7. The van der Waals surface area contributed by atoms with Gasteiger partial charge in [-0.25, -0.2) is 0 Å². The fourth-order valence-corrected chi connectivity index (χ4v) is 1.69. The van der Waals surface area contributed by atoms with Crippen LogP contribution in [0.15, 0.2) is 24.3 Å². The number of anilines is 1. The molecule has 0 saturated heterocycles. The SMILES string of the molecule is CC(C)C(Br)C(=O)N(C)c1cccc(C#N)c1. The van der Waals surface area contributed by atoms with Gasteiger partial charge in [0, 0.05) is 12.7 Å². The molecule has 90 valence electrons. The predicted molar refractivity (Wildman–Crippen MR) is 72.1 cm³/mol. The summed E-state index contributed by atoms with van der Waals surface area (Å²) >= 11 is 3.38. The van der Waals surface area contributed by atoms with Crippen LogP contribution in [0.25, 0.3) is 0 Å². The number of nitrogens with zero attached hydrogens (tertiary/aromatic N) is 2. The second kappa shape index (κ2) is 5.83. The third-order valence-electron chi connectivity index (χ3n) is 2.51. The van der Waals surface area contributed by atoms with Crippen LogP contribution in [0, 0.1) is 17.2 Å². The van der Waals surface area contributed by atoms with E-state index in [1.165, 1.54) is 0 Å². The summed E-state index contributed by atoms with van der Waals surface area (Å²) in [6.45, 7) is 3.97. The number of benzene rings is 1.